The van der Waals surface area contributed by atoms with Crippen LogP contribution in [-0.4, -0.2) is 8.44 Å². The summed E-state index contributed by atoms with van der Waals surface area (Å²) in [7, 11) is 0. The average Bonchev–Trinajstić information content (AvgIpc) is 0.918. The van der Waals surface area contributed by atoms with Crippen molar-refractivity contribution in [2.24, 2.45) is 0 Å². The molecule has 0 aromatic carbocycles. The van der Waals surface area contributed by atoms with Gasteiger partial charge in [0.15, 0.2) is 0 Å². The van der Waals surface area contributed by atoms with E-state index in [1.807, 2.05) is 0 Å². The molecule has 0 bridgehead atoms. The summed E-state index contributed by atoms with van der Waals surface area (Å²) in [4.78, 5) is 0. The van der Waals surface area contributed by atoms with Gasteiger partial charge in [0.1, 0.15) is 0 Å². The van der Waals surface area contributed by atoms with E-state index in [2.05, 4.69) is 0 Å². The van der Waals surface area contributed by atoms with Crippen LogP contribution in [0.4, 0.5) is 0 Å². The SMILES string of the molecule is [Fe].[Ni].[OH][Co][OH]. The molecule has 0 aromatic rings. The van der Waals surface area contributed by atoms with Crippen molar-refractivity contribution in [1.29, 1.82) is 0 Å². The van der Waals surface area contributed by atoms with Gasteiger partial charge < -0.3 is 0 Å². The van der Waals surface area contributed by atoms with Crippen molar-refractivity contribution in [3.8, 4) is 0 Å². The van der Waals surface area contributed by atoms with E-state index < -0.39 is 15.3 Å². The molecule has 0 rings (SSSR count). The summed E-state index contributed by atoms with van der Waals surface area (Å²) < 4.78 is 14.2. The van der Waals surface area contributed by atoms with Crippen molar-refractivity contribution in [3.05, 3.63) is 0 Å². The van der Waals surface area contributed by atoms with Gasteiger partial charge in [-0.1, -0.05) is 0 Å². The van der Waals surface area contributed by atoms with Crippen LogP contribution < -0.4 is 0 Å². The molecule has 41 valence electrons. The molecule has 0 spiro atoms. The minimum absolute atomic E-state index is 0. The standard InChI is InChI=1S/Co.Fe.Ni.2H2O/h;;;2*1H2/q+2;;;;/p-2. The molecule has 0 saturated carbocycles. The van der Waals surface area contributed by atoms with Crippen LogP contribution in [-0.2, 0) is 48.9 Å². The molecule has 0 aromatic heterocycles. The molecular formula is H2CoFeNiO2. The molecule has 0 fully saturated rings. The van der Waals surface area contributed by atoms with Gasteiger partial charge in [0, 0.05) is 33.6 Å². The van der Waals surface area contributed by atoms with Crippen molar-refractivity contribution in [3.63, 3.8) is 0 Å². The van der Waals surface area contributed by atoms with Crippen LogP contribution >= 0.6 is 0 Å². The monoisotopic (exact) mass is 207 g/mol. The normalized spacial score (nSPS) is 4.40. The molecule has 5 heteroatoms. The maximum atomic E-state index is 7.09. The second kappa shape index (κ2) is 18.0. The van der Waals surface area contributed by atoms with E-state index in [9.17, 15) is 0 Å². The van der Waals surface area contributed by atoms with E-state index in [1.54, 1.807) is 0 Å². The van der Waals surface area contributed by atoms with Crippen molar-refractivity contribution in [2.45, 2.75) is 0 Å². The Morgan fingerprint density at radius 2 is 1.20 bits per heavy atom. The van der Waals surface area contributed by atoms with Gasteiger partial charge in [0.25, 0.3) is 0 Å². The topological polar surface area (TPSA) is 40.5 Å². The molecule has 0 aliphatic carbocycles. The Kier molecular flexibility index (Phi) is 58.0. The van der Waals surface area contributed by atoms with Gasteiger partial charge in [0.05, 0.1) is 0 Å². The van der Waals surface area contributed by atoms with Gasteiger partial charge in [-0.2, -0.15) is 0 Å². The van der Waals surface area contributed by atoms with Crippen LogP contribution in [0.5, 0.6) is 0 Å². The summed E-state index contributed by atoms with van der Waals surface area (Å²) in [6.07, 6.45) is 0. The third-order valence-corrected chi connectivity index (χ3v) is 0. The Balaban J connectivity index is -0.0000000200. The number of rotatable bonds is 0. The second-order valence-electron chi connectivity index (χ2n) is 0.0667. The summed E-state index contributed by atoms with van der Waals surface area (Å²) in [5.74, 6) is 0. The predicted molar refractivity (Wildman–Crippen MR) is 4.44 cm³/mol. The second-order valence-corrected chi connectivity index (χ2v) is 0.275. The van der Waals surface area contributed by atoms with Crippen LogP contribution in [0, 0.1) is 0 Å². The fraction of sp³-hybridized carbons (Fsp3) is 0. The van der Waals surface area contributed by atoms with E-state index in [4.69, 9.17) is 8.44 Å². The van der Waals surface area contributed by atoms with Crippen molar-refractivity contribution in [1.82, 2.24) is 0 Å². The van der Waals surface area contributed by atoms with Crippen LogP contribution in [0.1, 0.15) is 0 Å². The van der Waals surface area contributed by atoms with E-state index >= 15 is 0 Å². The van der Waals surface area contributed by atoms with Crippen LogP contribution in [0.15, 0.2) is 0 Å². The first-order valence-electron chi connectivity index (χ1n) is 0.298. The van der Waals surface area contributed by atoms with Crippen LogP contribution in [0.3, 0.4) is 0 Å². The van der Waals surface area contributed by atoms with E-state index in [-0.39, 0.29) is 33.6 Å². The number of hydrogen-bond donors (Lipinski definition) is 2. The van der Waals surface area contributed by atoms with Crippen LogP contribution in [0.25, 0.3) is 0 Å². The van der Waals surface area contributed by atoms with E-state index in [0.717, 1.165) is 0 Å². The third-order valence-electron chi connectivity index (χ3n) is 0. The van der Waals surface area contributed by atoms with Gasteiger partial charge in [-0.3, -0.25) is 0 Å². The molecule has 0 amide bonds. The summed E-state index contributed by atoms with van der Waals surface area (Å²) in [6.45, 7) is 0. The fourth-order valence-corrected chi connectivity index (χ4v) is 0. The maximum absolute atomic E-state index is 7.09. The Morgan fingerprint density at radius 1 is 1.20 bits per heavy atom. The first-order chi connectivity index (χ1) is 1.41. The zero-order valence-corrected chi connectivity index (χ0v) is 5.03. The van der Waals surface area contributed by atoms with Gasteiger partial charge >= 0.3 is 23.8 Å². The summed E-state index contributed by atoms with van der Waals surface area (Å²) >= 11 is -0.562. The first kappa shape index (κ1) is 16.1. The molecule has 2 N–H and O–H groups in total. The van der Waals surface area contributed by atoms with Gasteiger partial charge in [-0.15, -0.1) is 0 Å². The molecule has 0 atom stereocenters. The molecule has 0 radical (unpaired) electrons. The number of hydrogen-bond acceptors (Lipinski definition) is 2. The zero-order chi connectivity index (χ0) is 2.71. The van der Waals surface area contributed by atoms with Crippen LogP contribution in [0.2, 0.25) is 0 Å². The Hall–Kier alpha value is 1.44. The van der Waals surface area contributed by atoms with Crippen molar-refractivity contribution < 1.29 is 57.3 Å². The minimum atomic E-state index is -0.562. The predicted octanol–water partition coefficient (Wildman–Crippen LogP) is -1.12. The summed E-state index contributed by atoms with van der Waals surface area (Å²) in [5, 5.41) is 0. The quantitative estimate of drug-likeness (QED) is 0.494. The molecule has 0 heterocycles. The molecule has 0 unspecified atom stereocenters. The summed E-state index contributed by atoms with van der Waals surface area (Å²) in [6, 6.07) is 0. The summed E-state index contributed by atoms with van der Waals surface area (Å²) in [5.41, 5.74) is 0. The molecular weight excluding hydrogens is 205 g/mol. The van der Waals surface area contributed by atoms with Gasteiger partial charge in [0.2, 0.25) is 0 Å². The fourth-order valence-electron chi connectivity index (χ4n) is 0. The first-order valence-corrected chi connectivity index (χ1v) is 1.23. The average molecular weight is 207 g/mol. The van der Waals surface area contributed by atoms with Gasteiger partial charge in [-0.05, 0) is 0 Å². The molecule has 0 aliphatic heterocycles. The van der Waals surface area contributed by atoms with Crippen molar-refractivity contribution in [2.75, 3.05) is 0 Å². The molecule has 0 saturated heterocycles. The Labute approximate surface area is 57.3 Å². The van der Waals surface area contributed by atoms with E-state index in [1.165, 1.54) is 0 Å². The molecule has 5 heavy (non-hydrogen) atoms. The van der Waals surface area contributed by atoms with E-state index in [0.29, 0.717) is 0 Å². The third kappa shape index (κ3) is 31.1. The molecule has 2 nitrogen and oxygen atoms in total. The Morgan fingerprint density at radius 3 is 1.20 bits per heavy atom. The zero-order valence-electron chi connectivity index (χ0n) is 1.90. The molecule has 0 aliphatic rings. The van der Waals surface area contributed by atoms with Crippen molar-refractivity contribution >= 4 is 0 Å². The van der Waals surface area contributed by atoms with Gasteiger partial charge in [-0.25, -0.2) is 0 Å². The Bertz CT molecular complexity index is 9.61.